The van der Waals surface area contributed by atoms with Gasteiger partial charge in [-0.1, -0.05) is 0 Å². The number of urea groups is 1. The van der Waals surface area contributed by atoms with Crippen LogP contribution in [0.15, 0.2) is 24.4 Å². The van der Waals surface area contributed by atoms with E-state index in [0.29, 0.717) is 42.7 Å². The number of primary amides is 1. The monoisotopic (exact) mass is 438 g/mol. The number of ether oxygens (including phenoxy) is 3. The molecule has 1 saturated heterocycles. The molecular weight excluding hydrogens is 410 g/mol. The minimum atomic E-state index is -0.663. The maximum Gasteiger partial charge on any atom is 0.426 e. The molecule has 2 aromatic heterocycles. The highest BCUT2D eigenvalue weighted by atomic mass is 16.7. The summed E-state index contributed by atoms with van der Waals surface area (Å²) in [5.41, 5.74) is 8.93. The normalized spacial score (nSPS) is 21.2. The Bertz CT molecular complexity index is 1040. The molecular formula is C23H28N5O4+. The molecule has 9 heteroatoms. The number of aryl methyl sites for hydroxylation is 1. The molecule has 4 heterocycles. The van der Waals surface area contributed by atoms with Gasteiger partial charge in [-0.2, -0.15) is 10.2 Å². The van der Waals surface area contributed by atoms with E-state index in [-0.39, 0.29) is 10.4 Å². The van der Waals surface area contributed by atoms with Gasteiger partial charge >= 0.3 is 6.03 Å². The molecule has 0 saturated carbocycles. The van der Waals surface area contributed by atoms with Crippen molar-refractivity contribution < 1.29 is 19.0 Å². The molecule has 168 valence electrons. The number of nitrogens with two attached hydrogens (primary N) is 1. The van der Waals surface area contributed by atoms with Crippen LogP contribution in [0.3, 0.4) is 0 Å². The third-order valence-corrected chi connectivity index (χ3v) is 6.42. The number of amides is 2. The zero-order valence-electron chi connectivity index (χ0n) is 18.4. The van der Waals surface area contributed by atoms with Crippen LogP contribution in [0, 0.1) is 11.3 Å². The fourth-order valence-corrected chi connectivity index (χ4v) is 4.76. The van der Waals surface area contributed by atoms with Gasteiger partial charge in [0.05, 0.1) is 11.8 Å². The third-order valence-electron chi connectivity index (χ3n) is 6.42. The van der Waals surface area contributed by atoms with Gasteiger partial charge in [-0.05, 0) is 42.9 Å². The summed E-state index contributed by atoms with van der Waals surface area (Å²) in [6.07, 6.45) is 4.05. The van der Waals surface area contributed by atoms with Gasteiger partial charge < -0.3 is 19.9 Å². The highest BCUT2D eigenvalue weighted by molar-refractivity contribution is 5.92. The lowest BCUT2D eigenvalue weighted by molar-refractivity contribution is -0.108. The topological polar surface area (TPSA) is 120 Å². The van der Waals surface area contributed by atoms with Crippen LogP contribution < -0.4 is 10.2 Å². The number of methoxy groups -OCH3 is 2. The van der Waals surface area contributed by atoms with Crippen molar-refractivity contribution in [1.29, 1.82) is 5.26 Å². The second kappa shape index (κ2) is 9.30. The Morgan fingerprint density at radius 2 is 2.06 bits per heavy atom. The highest BCUT2D eigenvalue weighted by Crippen LogP contribution is 2.41. The molecule has 9 nitrogen and oxygen atoms in total. The number of carbonyl (C=O) groups is 1. The number of fused-ring (bicyclic) bond motifs is 1. The fourth-order valence-electron chi connectivity index (χ4n) is 4.76. The summed E-state index contributed by atoms with van der Waals surface area (Å²) < 4.78 is 15.9. The first-order valence-electron chi connectivity index (χ1n) is 10.8. The quantitative estimate of drug-likeness (QED) is 0.562. The molecule has 0 spiro atoms. The number of hydrogen-bond donors (Lipinski definition) is 1. The second-order valence-corrected chi connectivity index (χ2v) is 8.13. The van der Waals surface area contributed by atoms with Gasteiger partial charge in [0, 0.05) is 45.5 Å². The molecule has 0 radical (unpaired) electrons. The van der Waals surface area contributed by atoms with Crippen molar-refractivity contribution in [2.75, 3.05) is 34.0 Å². The van der Waals surface area contributed by atoms with Crippen LogP contribution in [0.25, 0.3) is 0 Å². The van der Waals surface area contributed by atoms with Gasteiger partial charge in [-0.3, -0.25) is 0 Å². The predicted octanol–water partition coefficient (Wildman–Crippen LogP) is 3.20. The Morgan fingerprint density at radius 1 is 1.31 bits per heavy atom. The zero-order valence-corrected chi connectivity index (χ0v) is 18.4. The molecule has 1 atom stereocenters. The van der Waals surface area contributed by atoms with Gasteiger partial charge in [0.15, 0.2) is 0 Å². The number of rotatable bonds is 5. The van der Waals surface area contributed by atoms with Crippen LogP contribution >= 0.6 is 0 Å². The second-order valence-electron chi connectivity index (χ2n) is 8.13. The van der Waals surface area contributed by atoms with Crippen molar-refractivity contribution in [1.82, 2.24) is 14.5 Å². The lowest BCUT2D eigenvalue weighted by Crippen LogP contribution is -2.56. The molecule has 1 fully saturated rings. The van der Waals surface area contributed by atoms with Crippen LogP contribution in [-0.4, -0.2) is 50.0 Å². The summed E-state index contributed by atoms with van der Waals surface area (Å²) in [5, 5.41) is 9.68. The number of nitriles is 1. The molecule has 2 aliphatic heterocycles. The summed E-state index contributed by atoms with van der Waals surface area (Å²) in [6, 6.07) is 7.35. The van der Waals surface area contributed by atoms with Crippen molar-refractivity contribution in [2.24, 2.45) is 5.73 Å². The average Bonchev–Trinajstić information content (AvgIpc) is 2.84. The summed E-state index contributed by atoms with van der Waals surface area (Å²) >= 11 is 0. The van der Waals surface area contributed by atoms with Crippen molar-refractivity contribution in [3.05, 3.63) is 46.8 Å². The first-order valence-corrected chi connectivity index (χ1v) is 10.8. The Morgan fingerprint density at radius 3 is 2.72 bits per heavy atom. The van der Waals surface area contributed by atoms with E-state index in [4.69, 9.17) is 24.9 Å². The maximum absolute atomic E-state index is 13.1. The van der Waals surface area contributed by atoms with E-state index < -0.39 is 12.3 Å². The minimum Gasteiger partial charge on any atom is -0.381 e. The van der Waals surface area contributed by atoms with Crippen LogP contribution in [0.4, 0.5) is 16.4 Å². The van der Waals surface area contributed by atoms with Gasteiger partial charge in [0.1, 0.15) is 18.3 Å². The summed E-state index contributed by atoms with van der Waals surface area (Å²) in [5.74, 6) is 1.19. The van der Waals surface area contributed by atoms with Crippen LogP contribution in [-0.2, 0) is 20.6 Å². The van der Waals surface area contributed by atoms with Crippen molar-refractivity contribution in [3.63, 3.8) is 0 Å². The fraction of sp³-hybridized carbons (Fsp3) is 0.478. The molecule has 2 N–H and O–H groups in total. The number of carbonyl (C=O) groups excluding carboxylic acids is 1. The molecule has 4 rings (SSSR count). The molecule has 2 aromatic rings. The van der Waals surface area contributed by atoms with E-state index in [2.05, 4.69) is 11.1 Å². The van der Waals surface area contributed by atoms with Crippen molar-refractivity contribution in [2.45, 2.75) is 37.9 Å². The van der Waals surface area contributed by atoms with E-state index >= 15 is 0 Å². The molecule has 0 aromatic carbocycles. The van der Waals surface area contributed by atoms with Crippen LogP contribution in [0.2, 0.25) is 0 Å². The van der Waals surface area contributed by atoms with Crippen LogP contribution in [0.1, 0.15) is 53.9 Å². The summed E-state index contributed by atoms with van der Waals surface area (Å²) in [4.78, 5) is 22.4. The lowest BCUT2D eigenvalue weighted by atomic mass is 9.89. The van der Waals surface area contributed by atoms with Gasteiger partial charge in [0.25, 0.3) is 0 Å². The summed E-state index contributed by atoms with van der Waals surface area (Å²) in [7, 11) is 3.07. The number of aromatic nitrogens is 2. The minimum absolute atomic E-state index is 0.169. The Hall–Kier alpha value is -2.90. The molecule has 0 bridgehead atoms. The van der Waals surface area contributed by atoms with Gasteiger partial charge in [0.2, 0.25) is 17.9 Å². The smallest absolute Gasteiger partial charge is 0.381 e. The van der Waals surface area contributed by atoms with Crippen LogP contribution in [0.5, 0.6) is 0 Å². The number of nitrogens with zero attached hydrogens (tertiary/aromatic N) is 4. The van der Waals surface area contributed by atoms with E-state index in [1.807, 2.05) is 18.2 Å². The van der Waals surface area contributed by atoms with E-state index in [0.717, 1.165) is 36.8 Å². The van der Waals surface area contributed by atoms with Gasteiger partial charge in [-0.15, -0.1) is 4.48 Å². The lowest BCUT2D eigenvalue weighted by Gasteiger charge is -2.36. The molecule has 32 heavy (non-hydrogen) atoms. The maximum atomic E-state index is 13.1. The Balaban J connectivity index is 1.89. The van der Waals surface area contributed by atoms with Gasteiger partial charge in [-0.25, -0.2) is 9.78 Å². The van der Waals surface area contributed by atoms with E-state index in [1.54, 1.807) is 6.20 Å². The largest absolute Gasteiger partial charge is 0.426 e. The third kappa shape index (κ3) is 3.76. The van der Waals surface area contributed by atoms with E-state index in [1.165, 1.54) is 14.2 Å². The number of hydrogen-bond acceptors (Lipinski definition) is 7. The predicted molar refractivity (Wildman–Crippen MR) is 117 cm³/mol. The first kappa shape index (κ1) is 22.3. The number of pyridine rings is 2. The summed E-state index contributed by atoms with van der Waals surface area (Å²) in [6.45, 7) is 1.73. The highest BCUT2D eigenvalue weighted by Gasteiger charge is 2.47. The SMILES string of the molecule is COC(OC)c1ccc2c(n1)[N+](C(N)=O)(c1cc(C3CCOCC3)c(C#N)cn1)CCC2. The zero-order chi connectivity index (χ0) is 22.7. The molecule has 2 aliphatic rings. The number of quaternary nitrogens is 1. The Kier molecular flexibility index (Phi) is 6.48. The molecule has 2 amide bonds. The average molecular weight is 439 g/mol. The van der Waals surface area contributed by atoms with E-state index in [9.17, 15) is 10.1 Å². The Labute approximate surface area is 187 Å². The first-order chi connectivity index (χ1) is 15.5. The van der Waals surface area contributed by atoms with Crippen molar-refractivity contribution in [3.8, 4) is 6.07 Å². The molecule has 1 unspecified atom stereocenters. The standard InChI is InChI=1S/C23H27N5O4/c1-30-22(31-2)19-6-5-16-4-3-9-28(23(25)29,21(16)27-19)20-12-18(17(13-24)14-26-20)15-7-10-32-11-8-15/h5-6,12,14-15,22H,3-4,7-11H2,1-2H3,(H-,25,29)/p+1. The van der Waals surface area contributed by atoms with Crippen molar-refractivity contribution >= 4 is 17.7 Å². The molecule has 0 aliphatic carbocycles.